The number of aliphatic hydroxyl groups excluding tert-OH is 1. The summed E-state index contributed by atoms with van der Waals surface area (Å²) >= 11 is 0. The van der Waals surface area contributed by atoms with Crippen LogP contribution in [0.2, 0.25) is 0 Å². The molecule has 0 aliphatic carbocycles. The number of phenols is 1. The van der Waals surface area contributed by atoms with Gasteiger partial charge in [-0.25, -0.2) is 4.98 Å². The second-order valence-corrected chi connectivity index (χ2v) is 8.12. The van der Waals surface area contributed by atoms with Crippen LogP contribution < -0.4 is 17.2 Å². The molecule has 0 bridgehead atoms. The van der Waals surface area contributed by atoms with E-state index < -0.39 is 24.0 Å². The van der Waals surface area contributed by atoms with Crippen molar-refractivity contribution < 1.29 is 24.6 Å². The number of benzene rings is 1. The summed E-state index contributed by atoms with van der Waals surface area (Å²) in [4.78, 5) is 43.1. The highest BCUT2D eigenvalue weighted by molar-refractivity contribution is 5.91. The standard InChI is InChI=1S/C12H21N3O3.C11H13N3O2.CH4/c1-2-8(13)10(16)5-6-11(17)15-7-3-4-9(15)12(14)18;12-8(6-15)11-13-5-9(14-11)7-3-1-2-4-10(7)16;/h8-9H,2-7,13H2,1H3,(H2,14,18);1-5,8,15-16H,6,12H2,(H,13,14);1H4/t8-,9?;8-;/m00./s1. The highest BCUT2D eigenvalue weighted by Crippen LogP contribution is 2.27. The fourth-order valence-electron chi connectivity index (χ4n) is 3.60. The maximum absolute atomic E-state index is 11.9. The van der Waals surface area contributed by atoms with Crippen molar-refractivity contribution in [2.45, 2.75) is 64.6 Å². The lowest BCUT2D eigenvalue weighted by molar-refractivity contribution is -0.138. The number of aliphatic hydroxyl groups is 1. The third-order valence-electron chi connectivity index (χ3n) is 5.68. The van der Waals surface area contributed by atoms with Gasteiger partial charge in [-0.05, 0) is 31.4 Å². The van der Waals surface area contributed by atoms with Crippen LogP contribution in [-0.2, 0) is 14.4 Å². The summed E-state index contributed by atoms with van der Waals surface area (Å²) < 4.78 is 0. The van der Waals surface area contributed by atoms with Gasteiger partial charge >= 0.3 is 0 Å². The number of H-pyrrole nitrogens is 1. The van der Waals surface area contributed by atoms with E-state index in [-0.39, 0.29) is 44.3 Å². The SMILES string of the molecule is C.CC[C@H](N)C(=O)CCC(=O)N1CCCC1C(N)=O.N[C@@H](CO)c1ncc(-c2ccccc2O)[nH]1. The Hall–Kier alpha value is -3.28. The molecule has 0 saturated carbocycles. The third-order valence-corrected chi connectivity index (χ3v) is 5.68. The molecule has 2 heterocycles. The Labute approximate surface area is 205 Å². The lowest BCUT2D eigenvalue weighted by Gasteiger charge is -2.22. The highest BCUT2D eigenvalue weighted by Gasteiger charge is 2.32. The number of nitrogens with two attached hydrogens (primary N) is 3. The Bertz CT molecular complexity index is 979. The minimum atomic E-state index is -0.528. The van der Waals surface area contributed by atoms with E-state index in [9.17, 15) is 19.5 Å². The topological polar surface area (TPSA) is 202 Å². The molecule has 11 heteroatoms. The maximum Gasteiger partial charge on any atom is 0.240 e. The number of amides is 2. The second-order valence-electron chi connectivity index (χ2n) is 8.12. The zero-order chi connectivity index (χ0) is 25.3. The Morgan fingerprint density at radius 1 is 1.23 bits per heavy atom. The number of hydrogen-bond acceptors (Lipinski definition) is 8. The molecule has 1 saturated heterocycles. The van der Waals surface area contributed by atoms with E-state index >= 15 is 0 Å². The molecule has 2 aromatic rings. The molecular weight excluding hydrogens is 452 g/mol. The fraction of sp³-hybridized carbons (Fsp3) is 0.500. The van der Waals surface area contributed by atoms with E-state index in [1.165, 1.54) is 4.90 Å². The van der Waals surface area contributed by atoms with E-state index in [2.05, 4.69) is 9.97 Å². The molecular formula is C24H38N6O5. The predicted octanol–water partition coefficient (Wildman–Crippen LogP) is 0.960. The van der Waals surface area contributed by atoms with Crippen LogP contribution >= 0.6 is 0 Å². The van der Waals surface area contributed by atoms with Gasteiger partial charge in [0, 0.05) is 24.9 Å². The molecule has 1 unspecified atom stereocenters. The number of hydrogen-bond donors (Lipinski definition) is 6. The molecule has 35 heavy (non-hydrogen) atoms. The quantitative estimate of drug-likeness (QED) is 0.298. The maximum atomic E-state index is 11.9. The van der Waals surface area contributed by atoms with Crippen molar-refractivity contribution in [3.8, 4) is 17.0 Å². The number of rotatable bonds is 9. The van der Waals surface area contributed by atoms with Crippen molar-refractivity contribution in [3.05, 3.63) is 36.3 Å². The molecule has 11 nitrogen and oxygen atoms in total. The number of nitrogens with zero attached hydrogens (tertiary/aromatic N) is 2. The Balaban J connectivity index is 0.000000342. The average molecular weight is 491 g/mol. The molecule has 9 N–H and O–H groups in total. The first-order chi connectivity index (χ1) is 16.2. The van der Waals surface area contributed by atoms with Crippen LogP contribution in [0.15, 0.2) is 30.5 Å². The van der Waals surface area contributed by atoms with Gasteiger partial charge in [0.15, 0.2) is 0 Å². The largest absolute Gasteiger partial charge is 0.507 e. The molecule has 194 valence electrons. The van der Waals surface area contributed by atoms with Gasteiger partial charge in [-0.2, -0.15) is 0 Å². The molecule has 3 atom stereocenters. The van der Waals surface area contributed by atoms with Crippen LogP contribution in [0.5, 0.6) is 5.75 Å². The van der Waals surface area contributed by atoms with Crippen LogP contribution in [0.3, 0.4) is 0 Å². The summed E-state index contributed by atoms with van der Waals surface area (Å²) in [5.74, 6) is -0.0953. The van der Waals surface area contributed by atoms with E-state index in [4.69, 9.17) is 22.3 Å². The van der Waals surface area contributed by atoms with Gasteiger partial charge in [0.25, 0.3) is 0 Å². The molecule has 0 radical (unpaired) electrons. The van der Waals surface area contributed by atoms with Crippen LogP contribution in [0, 0.1) is 0 Å². The molecule has 3 rings (SSSR count). The Morgan fingerprint density at radius 3 is 2.51 bits per heavy atom. The number of phenolic OH excluding ortho intramolecular Hbond substituents is 1. The number of nitrogens with one attached hydrogen (secondary N) is 1. The summed E-state index contributed by atoms with van der Waals surface area (Å²) in [6, 6.07) is 5.41. The average Bonchev–Trinajstić information content (AvgIpc) is 3.52. The lowest BCUT2D eigenvalue weighted by Crippen LogP contribution is -2.44. The summed E-state index contributed by atoms with van der Waals surface area (Å²) in [6.45, 7) is 2.20. The molecule has 1 aliphatic heterocycles. The zero-order valence-corrected chi connectivity index (χ0v) is 19.3. The van der Waals surface area contributed by atoms with Crippen LogP contribution in [0.4, 0.5) is 0 Å². The van der Waals surface area contributed by atoms with Gasteiger partial charge in [-0.1, -0.05) is 26.5 Å². The van der Waals surface area contributed by atoms with Crippen LogP contribution in [-0.4, -0.2) is 67.9 Å². The van der Waals surface area contributed by atoms with Crippen molar-refractivity contribution in [1.29, 1.82) is 0 Å². The Kier molecular flexibility index (Phi) is 12.1. The summed E-state index contributed by atoms with van der Waals surface area (Å²) in [6.07, 6.45) is 3.79. The van der Waals surface area contributed by atoms with Crippen molar-refractivity contribution >= 4 is 17.6 Å². The van der Waals surface area contributed by atoms with Gasteiger partial charge in [-0.15, -0.1) is 0 Å². The highest BCUT2D eigenvalue weighted by atomic mass is 16.3. The minimum Gasteiger partial charge on any atom is -0.507 e. The third kappa shape index (κ3) is 8.16. The number of ketones is 1. The number of Topliss-reactive ketones (excluding diaryl/α,β-unsaturated/α-hetero) is 1. The van der Waals surface area contributed by atoms with E-state index in [1.54, 1.807) is 24.4 Å². The number of imidazole rings is 1. The van der Waals surface area contributed by atoms with Gasteiger partial charge < -0.3 is 37.3 Å². The van der Waals surface area contributed by atoms with Crippen molar-refractivity contribution in [3.63, 3.8) is 0 Å². The number of aromatic nitrogens is 2. The van der Waals surface area contributed by atoms with E-state index in [0.717, 1.165) is 6.42 Å². The number of para-hydroxylation sites is 1. The van der Waals surface area contributed by atoms with Crippen LogP contribution in [0.1, 0.15) is 58.3 Å². The first kappa shape index (κ1) is 29.8. The first-order valence-electron chi connectivity index (χ1n) is 11.3. The molecule has 1 aromatic carbocycles. The van der Waals surface area contributed by atoms with E-state index in [1.807, 2.05) is 13.0 Å². The number of carbonyl (C=O) groups is 3. The van der Waals surface area contributed by atoms with Gasteiger partial charge in [0.05, 0.1) is 30.6 Å². The summed E-state index contributed by atoms with van der Waals surface area (Å²) in [5, 5.41) is 18.5. The zero-order valence-electron chi connectivity index (χ0n) is 19.3. The number of likely N-dealkylation sites (tertiary alicyclic amines) is 1. The van der Waals surface area contributed by atoms with Crippen molar-refractivity contribution in [2.75, 3.05) is 13.2 Å². The number of aromatic hydroxyl groups is 1. The van der Waals surface area contributed by atoms with Crippen molar-refractivity contribution in [2.24, 2.45) is 17.2 Å². The van der Waals surface area contributed by atoms with Crippen molar-refractivity contribution in [1.82, 2.24) is 14.9 Å². The monoisotopic (exact) mass is 490 g/mol. The lowest BCUT2D eigenvalue weighted by atomic mass is 10.1. The molecule has 1 aliphatic rings. The summed E-state index contributed by atoms with van der Waals surface area (Å²) in [5.41, 5.74) is 17.8. The summed E-state index contributed by atoms with van der Waals surface area (Å²) in [7, 11) is 0. The predicted molar refractivity (Wildman–Crippen MR) is 133 cm³/mol. The number of primary amides is 1. The number of carbonyl (C=O) groups excluding carboxylic acids is 3. The number of aromatic amines is 1. The van der Waals surface area contributed by atoms with Gasteiger partial charge in [-0.3, -0.25) is 14.4 Å². The van der Waals surface area contributed by atoms with E-state index in [0.29, 0.717) is 36.5 Å². The smallest absolute Gasteiger partial charge is 0.240 e. The molecule has 2 amide bonds. The molecule has 1 aromatic heterocycles. The minimum absolute atomic E-state index is 0. The molecule has 1 fully saturated rings. The normalized spacial score (nSPS) is 16.5. The van der Waals surface area contributed by atoms with Crippen LogP contribution in [0.25, 0.3) is 11.3 Å². The van der Waals surface area contributed by atoms with Gasteiger partial charge in [0.2, 0.25) is 11.8 Å². The fourth-order valence-corrected chi connectivity index (χ4v) is 3.60. The molecule has 0 spiro atoms. The van der Waals surface area contributed by atoms with Gasteiger partial charge in [0.1, 0.15) is 23.4 Å². The first-order valence-corrected chi connectivity index (χ1v) is 11.3. The Morgan fingerprint density at radius 2 is 1.91 bits per heavy atom. The second kappa shape index (κ2) is 14.2.